The Morgan fingerprint density at radius 2 is 2.00 bits per heavy atom. The van der Waals surface area contributed by atoms with Crippen LogP contribution < -0.4 is 11.1 Å². The summed E-state index contributed by atoms with van der Waals surface area (Å²) in [7, 11) is 1.81. The van der Waals surface area contributed by atoms with Crippen LogP contribution in [0.3, 0.4) is 0 Å². The lowest BCUT2D eigenvalue weighted by atomic mass is 9.90. The van der Waals surface area contributed by atoms with Crippen LogP contribution in [-0.2, 0) is 12.5 Å². The summed E-state index contributed by atoms with van der Waals surface area (Å²) in [6.07, 6.45) is 1.77. The van der Waals surface area contributed by atoms with Crippen LogP contribution in [-0.4, -0.2) is 20.7 Å². The molecule has 0 fully saturated rings. The maximum Gasteiger partial charge on any atom is 0.255 e. The molecular weight excluding hydrogens is 266 g/mol. The van der Waals surface area contributed by atoms with Gasteiger partial charge in [-0.3, -0.25) is 9.48 Å². The van der Waals surface area contributed by atoms with Crippen LogP contribution in [0.15, 0.2) is 18.3 Å². The fourth-order valence-corrected chi connectivity index (χ4v) is 1.98. The van der Waals surface area contributed by atoms with Crippen molar-refractivity contribution in [2.45, 2.75) is 33.1 Å². The number of aromatic nitrogens is 3. The number of rotatable bonds is 2. The van der Waals surface area contributed by atoms with Crippen molar-refractivity contribution in [3.05, 3.63) is 35.3 Å². The molecule has 112 valence electrons. The van der Waals surface area contributed by atoms with Crippen molar-refractivity contribution in [2.24, 2.45) is 7.05 Å². The quantitative estimate of drug-likeness (QED) is 0.887. The monoisotopic (exact) mass is 287 g/mol. The zero-order chi connectivity index (χ0) is 15.8. The predicted molar refractivity (Wildman–Crippen MR) is 83.2 cm³/mol. The van der Waals surface area contributed by atoms with E-state index in [2.05, 4.69) is 15.4 Å². The van der Waals surface area contributed by atoms with Crippen molar-refractivity contribution in [1.82, 2.24) is 14.8 Å². The lowest BCUT2D eigenvalue weighted by Gasteiger charge is -2.19. The standard InChI is InChI=1S/C15H21N5O/c1-9-11(8-20(5)19-9)17-14(21)10-6-12(15(2,3)4)18-13(16)7-10/h6-8H,1-5H3,(H2,16,18)(H,17,21). The predicted octanol–water partition coefficient (Wildman–Crippen LogP) is 2.26. The fraction of sp³-hybridized carbons (Fsp3) is 0.400. The van der Waals surface area contributed by atoms with Crippen molar-refractivity contribution in [1.29, 1.82) is 0 Å². The largest absolute Gasteiger partial charge is 0.384 e. The molecule has 2 aromatic rings. The van der Waals surface area contributed by atoms with Crippen LogP contribution in [0.4, 0.5) is 11.5 Å². The van der Waals surface area contributed by atoms with Crippen LogP contribution in [0.5, 0.6) is 0 Å². The van der Waals surface area contributed by atoms with E-state index in [4.69, 9.17) is 5.73 Å². The normalized spacial score (nSPS) is 11.5. The molecule has 0 atom stereocenters. The Kier molecular flexibility index (Phi) is 3.72. The highest BCUT2D eigenvalue weighted by molar-refractivity contribution is 6.05. The molecule has 0 saturated heterocycles. The molecule has 0 aromatic carbocycles. The first-order valence-electron chi connectivity index (χ1n) is 6.76. The Bertz CT molecular complexity index is 682. The molecule has 0 radical (unpaired) electrons. The molecular formula is C15H21N5O. The van der Waals surface area contributed by atoms with E-state index >= 15 is 0 Å². The summed E-state index contributed by atoms with van der Waals surface area (Å²) in [6, 6.07) is 3.35. The molecule has 3 N–H and O–H groups in total. The van der Waals surface area contributed by atoms with E-state index in [1.165, 1.54) is 0 Å². The van der Waals surface area contributed by atoms with Gasteiger partial charge >= 0.3 is 0 Å². The van der Waals surface area contributed by atoms with Gasteiger partial charge in [-0.2, -0.15) is 5.10 Å². The van der Waals surface area contributed by atoms with E-state index in [0.29, 0.717) is 17.1 Å². The number of aryl methyl sites for hydroxylation is 2. The number of nitrogens with two attached hydrogens (primary N) is 1. The number of nitrogen functional groups attached to an aromatic ring is 1. The van der Waals surface area contributed by atoms with Crippen LogP contribution in [0.25, 0.3) is 0 Å². The lowest BCUT2D eigenvalue weighted by Crippen LogP contribution is -2.18. The lowest BCUT2D eigenvalue weighted by molar-refractivity contribution is 0.102. The summed E-state index contributed by atoms with van der Waals surface area (Å²) in [5.41, 5.74) is 8.38. The summed E-state index contributed by atoms with van der Waals surface area (Å²) in [4.78, 5) is 16.7. The molecule has 0 spiro atoms. The van der Waals surface area contributed by atoms with Gasteiger partial charge in [0.1, 0.15) is 5.82 Å². The first-order valence-corrected chi connectivity index (χ1v) is 6.76. The van der Waals surface area contributed by atoms with E-state index in [1.54, 1.807) is 23.0 Å². The second-order valence-corrected chi connectivity index (χ2v) is 6.17. The van der Waals surface area contributed by atoms with E-state index in [-0.39, 0.29) is 11.3 Å². The molecule has 6 nitrogen and oxygen atoms in total. The van der Waals surface area contributed by atoms with Gasteiger partial charge in [0.15, 0.2) is 0 Å². The highest BCUT2D eigenvalue weighted by atomic mass is 16.1. The van der Waals surface area contributed by atoms with Crippen LogP contribution in [0.2, 0.25) is 0 Å². The first-order chi connectivity index (χ1) is 9.66. The summed E-state index contributed by atoms with van der Waals surface area (Å²) in [6.45, 7) is 7.93. The molecule has 21 heavy (non-hydrogen) atoms. The van der Waals surface area contributed by atoms with E-state index < -0.39 is 0 Å². The molecule has 0 bridgehead atoms. The van der Waals surface area contributed by atoms with Gasteiger partial charge in [0.2, 0.25) is 0 Å². The highest BCUT2D eigenvalue weighted by Gasteiger charge is 2.19. The minimum atomic E-state index is -0.217. The molecule has 0 aliphatic carbocycles. The van der Waals surface area contributed by atoms with Crippen molar-refractivity contribution in [3.8, 4) is 0 Å². The smallest absolute Gasteiger partial charge is 0.255 e. The number of nitrogens with one attached hydrogen (secondary N) is 1. The molecule has 2 rings (SSSR count). The molecule has 0 aliphatic heterocycles. The minimum absolute atomic E-state index is 0.172. The average molecular weight is 287 g/mol. The Labute approximate surface area is 124 Å². The van der Waals surface area contributed by atoms with Gasteiger partial charge in [0, 0.05) is 29.9 Å². The number of carbonyl (C=O) groups is 1. The second kappa shape index (κ2) is 5.20. The highest BCUT2D eigenvalue weighted by Crippen LogP contribution is 2.23. The van der Waals surface area contributed by atoms with Crippen molar-refractivity contribution < 1.29 is 4.79 Å². The third kappa shape index (κ3) is 3.39. The zero-order valence-corrected chi connectivity index (χ0v) is 13.1. The Morgan fingerprint density at radius 1 is 1.33 bits per heavy atom. The summed E-state index contributed by atoms with van der Waals surface area (Å²) in [5, 5.41) is 7.04. The maximum absolute atomic E-state index is 12.4. The van der Waals surface area contributed by atoms with Gasteiger partial charge < -0.3 is 11.1 Å². The first kappa shape index (κ1) is 15.0. The van der Waals surface area contributed by atoms with E-state index in [1.807, 2.05) is 34.7 Å². The second-order valence-electron chi connectivity index (χ2n) is 6.17. The van der Waals surface area contributed by atoms with Gasteiger partial charge in [-0.15, -0.1) is 0 Å². The number of amides is 1. The van der Waals surface area contributed by atoms with Gasteiger partial charge in [-0.25, -0.2) is 4.98 Å². The molecule has 6 heteroatoms. The number of carbonyl (C=O) groups excluding carboxylic acids is 1. The minimum Gasteiger partial charge on any atom is -0.384 e. The van der Waals surface area contributed by atoms with Gasteiger partial charge in [-0.05, 0) is 19.1 Å². The number of anilines is 2. The van der Waals surface area contributed by atoms with Crippen molar-refractivity contribution >= 4 is 17.4 Å². The van der Waals surface area contributed by atoms with Crippen LogP contribution in [0, 0.1) is 6.92 Å². The zero-order valence-electron chi connectivity index (χ0n) is 13.1. The molecule has 0 saturated carbocycles. The fourth-order valence-electron chi connectivity index (χ4n) is 1.98. The Hall–Kier alpha value is -2.37. The summed E-state index contributed by atoms with van der Waals surface area (Å²) < 4.78 is 1.66. The SMILES string of the molecule is Cc1nn(C)cc1NC(=O)c1cc(N)nc(C(C)(C)C)c1. The van der Waals surface area contributed by atoms with Gasteiger partial charge in [0.25, 0.3) is 5.91 Å². The van der Waals surface area contributed by atoms with Crippen LogP contribution in [0.1, 0.15) is 42.5 Å². The number of pyridine rings is 1. The average Bonchev–Trinajstić information content (AvgIpc) is 2.66. The molecule has 2 aromatic heterocycles. The van der Waals surface area contributed by atoms with Crippen LogP contribution >= 0.6 is 0 Å². The Morgan fingerprint density at radius 3 is 2.52 bits per heavy atom. The molecule has 0 unspecified atom stereocenters. The third-order valence-corrected chi connectivity index (χ3v) is 3.14. The summed E-state index contributed by atoms with van der Waals surface area (Å²) in [5.74, 6) is 0.126. The molecule has 0 aliphatic rings. The number of hydrogen-bond acceptors (Lipinski definition) is 4. The van der Waals surface area contributed by atoms with E-state index in [0.717, 1.165) is 11.4 Å². The maximum atomic E-state index is 12.4. The van der Waals surface area contributed by atoms with Gasteiger partial charge in [0.05, 0.1) is 11.4 Å². The number of nitrogens with zero attached hydrogens (tertiary/aromatic N) is 3. The third-order valence-electron chi connectivity index (χ3n) is 3.14. The van der Waals surface area contributed by atoms with E-state index in [9.17, 15) is 4.79 Å². The Balaban J connectivity index is 2.31. The molecule has 1 amide bonds. The van der Waals surface area contributed by atoms with Crippen molar-refractivity contribution in [3.63, 3.8) is 0 Å². The van der Waals surface area contributed by atoms with Gasteiger partial charge in [-0.1, -0.05) is 20.8 Å². The van der Waals surface area contributed by atoms with Crippen molar-refractivity contribution in [2.75, 3.05) is 11.1 Å². The topological polar surface area (TPSA) is 85.8 Å². The molecule has 2 heterocycles. The summed E-state index contributed by atoms with van der Waals surface area (Å²) >= 11 is 0. The number of hydrogen-bond donors (Lipinski definition) is 2.